The summed E-state index contributed by atoms with van der Waals surface area (Å²) in [5.41, 5.74) is 1.36. The van der Waals surface area contributed by atoms with Crippen molar-refractivity contribution in [3.05, 3.63) is 23.8 Å². The van der Waals surface area contributed by atoms with E-state index in [0.29, 0.717) is 17.1 Å². The van der Waals surface area contributed by atoms with Gasteiger partial charge in [0.1, 0.15) is 11.6 Å². The maximum Gasteiger partial charge on any atom is 0.247 e. The highest BCUT2D eigenvalue weighted by Crippen LogP contribution is 2.52. The van der Waals surface area contributed by atoms with Crippen LogP contribution in [-0.2, 0) is 10.2 Å². The molecule has 1 saturated carbocycles. The van der Waals surface area contributed by atoms with Crippen molar-refractivity contribution in [3.63, 3.8) is 0 Å². The van der Waals surface area contributed by atoms with Crippen LogP contribution in [0.15, 0.2) is 18.2 Å². The molecule has 0 aliphatic heterocycles. The molecule has 3 N–H and O–H groups in total. The second-order valence-corrected chi connectivity index (χ2v) is 4.19. The monoisotopic (exact) mass is 254 g/mol. The molecule has 1 aliphatic carbocycles. The van der Waals surface area contributed by atoms with Crippen LogP contribution in [-0.4, -0.2) is 26.3 Å². The lowest BCUT2D eigenvalue weighted by Gasteiger charge is -2.16. The van der Waals surface area contributed by atoms with Crippen molar-refractivity contribution in [2.75, 3.05) is 14.2 Å². The molecule has 1 aromatic carbocycles. The molecule has 0 spiro atoms. The lowest BCUT2D eigenvalue weighted by molar-refractivity contribution is -0.124. The van der Waals surface area contributed by atoms with E-state index in [0.717, 1.165) is 0 Å². The Morgan fingerprint density at radius 3 is 2.50 bits per heavy atom. The number of hydrogen-bond acceptors (Lipinski definition) is 4. The predicted molar refractivity (Wildman–Crippen MR) is 63.1 cm³/mol. The first-order valence-electron chi connectivity index (χ1n) is 5.47. The smallest absolute Gasteiger partial charge is 0.247 e. The Balaban J connectivity index is 2.42. The minimum absolute atomic E-state index is 0.130. The highest BCUT2D eigenvalue weighted by molar-refractivity contribution is 5.92. The molecule has 1 aliphatic rings. The van der Waals surface area contributed by atoms with Gasteiger partial charge in [0.25, 0.3) is 0 Å². The summed E-state index contributed by atoms with van der Waals surface area (Å²) in [4.78, 5) is 11.7. The summed E-state index contributed by atoms with van der Waals surface area (Å²) in [6.07, 6.45) is -1.09. The number of ether oxygens (including phenoxy) is 2. The molecule has 0 bridgehead atoms. The van der Waals surface area contributed by atoms with E-state index in [2.05, 4.69) is 0 Å². The van der Waals surface area contributed by atoms with Gasteiger partial charge in [0.15, 0.2) is 11.5 Å². The Labute approximate surface area is 104 Å². The number of hydrogen-bond donors (Lipinski definition) is 2. The first-order chi connectivity index (χ1) is 8.59. The van der Waals surface area contributed by atoms with Gasteiger partial charge in [-0.15, -0.1) is 0 Å². The molecule has 5 nitrogen and oxygen atoms in total. The van der Waals surface area contributed by atoms with Crippen LogP contribution in [0.2, 0.25) is 0 Å². The average molecular weight is 254 g/mol. The summed E-state index contributed by atoms with van der Waals surface area (Å²) < 4.78 is 23.8. The van der Waals surface area contributed by atoms with Gasteiger partial charge in [-0.05, 0) is 17.7 Å². The molecule has 6 heteroatoms. The predicted octanol–water partition coefficient (Wildman–Crippen LogP) is 0.673. The van der Waals surface area contributed by atoms with Gasteiger partial charge in [0, 0.05) is 6.42 Å². The second kappa shape index (κ2) is 4.45. The zero-order valence-corrected chi connectivity index (χ0v) is 10.2. The molecule has 2 atom stereocenters. The minimum atomic E-state index is -1.22. The van der Waals surface area contributed by atoms with Gasteiger partial charge in [-0.2, -0.15) is 0 Å². The van der Waals surface area contributed by atoms with E-state index < -0.39 is 17.5 Å². The molecule has 0 radical (unpaired) electrons. The van der Waals surface area contributed by atoms with Crippen LogP contribution in [0.4, 0.5) is 4.39 Å². The van der Waals surface area contributed by atoms with Gasteiger partial charge in [-0.3, -0.25) is 10.2 Å². The van der Waals surface area contributed by atoms with Gasteiger partial charge in [-0.1, -0.05) is 6.07 Å². The van der Waals surface area contributed by atoms with E-state index in [1.165, 1.54) is 14.2 Å². The number of carbonyl (C=O) groups excluding carboxylic acids is 1. The van der Waals surface area contributed by atoms with Crippen molar-refractivity contribution in [2.45, 2.75) is 18.0 Å². The van der Waals surface area contributed by atoms with Crippen molar-refractivity contribution in [1.82, 2.24) is 5.43 Å². The number of methoxy groups -OCH3 is 2. The first-order valence-corrected chi connectivity index (χ1v) is 5.47. The lowest BCUT2D eigenvalue weighted by atomic mass is 9.94. The lowest BCUT2D eigenvalue weighted by Crippen LogP contribution is -2.40. The van der Waals surface area contributed by atoms with Crippen LogP contribution in [0.25, 0.3) is 0 Å². The molecule has 1 fully saturated rings. The van der Waals surface area contributed by atoms with E-state index in [9.17, 15) is 9.18 Å². The Morgan fingerprint density at radius 2 is 2.06 bits per heavy atom. The summed E-state index contributed by atoms with van der Waals surface area (Å²) in [5, 5.41) is 0. The molecule has 18 heavy (non-hydrogen) atoms. The third kappa shape index (κ3) is 1.69. The maximum atomic E-state index is 13.6. The number of alkyl halides is 1. The topological polar surface area (TPSA) is 73.6 Å². The minimum Gasteiger partial charge on any atom is -0.493 e. The standard InChI is InChI=1S/C12H15FN2O3/c1-17-8-4-3-7(5-9(8)18-2)12(6-10(12)13)11(16)15-14/h3-5,10H,6,14H2,1-2H3,(H,15,16). The Bertz CT molecular complexity index is 480. The fraction of sp³-hybridized carbons (Fsp3) is 0.417. The Kier molecular flexibility index (Phi) is 3.13. The van der Waals surface area contributed by atoms with E-state index >= 15 is 0 Å². The number of benzene rings is 1. The van der Waals surface area contributed by atoms with E-state index in [1.807, 2.05) is 5.43 Å². The van der Waals surface area contributed by atoms with Gasteiger partial charge in [-0.25, -0.2) is 10.2 Å². The van der Waals surface area contributed by atoms with Gasteiger partial charge in [0.05, 0.1) is 14.2 Å². The van der Waals surface area contributed by atoms with Crippen LogP contribution in [0.1, 0.15) is 12.0 Å². The van der Waals surface area contributed by atoms with Crippen molar-refractivity contribution < 1.29 is 18.7 Å². The van der Waals surface area contributed by atoms with Crippen molar-refractivity contribution in [2.24, 2.45) is 5.84 Å². The normalized spacial score (nSPS) is 25.4. The van der Waals surface area contributed by atoms with E-state index in [-0.39, 0.29) is 6.42 Å². The summed E-state index contributed by atoms with van der Waals surface area (Å²) in [7, 11) is 2.99. The van der Waals surface area contributed by atoms with Crippen molar-refractivity contribution in [1.29, 1.82) is 0 Å². The summed E-state index contributed by atoms with van der Waals surface area (Å²) >= 11 is 0. The maximum absolute atomic E-state index is 13.6. The quantitative estimate of drug-likeness (QED) is 0.470. The molecule has 0 heterocycles. The summed E-state index contributed by atoms with van der Waals surface area (Å²) in [5.74, 6) is 5.56. The van der Waals surface area contributed by atoms with Gasteiger partial charge >= 0.3 is 0 Å². The van der Waals surface area contributed by atoms with Crippen LogP contribution >= 0.6 is 0 Å². The zero-order valence-electron chi connectivity index (χ0n) is 10.2. The molecule has 2 rings (SSSR count). The number of rotatable bonds is 4. The molecular formula is C12H15FN2O3. The Hall–Kier alpha value is -1.82. The van der Waals surface area contributed by atoms with Gasteiger partial charge < -0.3 is 9.47 Å². The third-order valence-electron chi connectivity index (χ3n) is 3.31. The SMILES string of the molecule is COc1ccc(C2(C(=O)NN)CC2F)cc1OC. The molecule has 0 saturated heterocycles. The molecule has 0 aromatic heterocycles. The largest absolute Gasteiger partial charge is 0.493 e. The van der Waals surface area contributed by atoms with Crippen molar-refractivity contribution in [3.8, 4) is 11.5 Å². The van der Waals surface area contributed by atoms with Crippen molar-refractivity contribution >= 4 is 5.91 Å². The number of nitrogens with one attached hydrogen (secondary N) is 1. The van der Waals surface area contributed by atoms with E-state index in [1.54, 1.807) is 18.2 Å². The number of carbonyl (C=O) groups is 1. The first kappa shape index (κ1) is 12.6. The third-order valence-corrected chi connectivity index (χ3v) is 3.31. The van der Waals surface area contributed by atoms with Gasteiger partial charge in [0.2, 0.25) is 5.91 Å². The summed E-state index contributed by atoms with van der Waals surface area (Å²) in [6.45, 7) is 0. The second-order valence-electron chi connectivity index (χ2n) is 4.19. The van der Waals surface area contributed by atoms with Crippen LogP contribution in [0.3, 0.4) is 0 Å². The van der Waals surface area contributed by atoms with E-state index in [4.69, 9.17) is 15.3 Å². The van der Waals surface area contributed by atoms with Crippen LogP contribution < -0.4 is 20.7 Å². The highest BCUT2D eigenvalue weighted by Gasteiger charge is 2.62. The number of nitrogens with two attached hydrogens (primary N) is 1. The van der Waals surface area contributed by atoms with Crippen LogP contribution in [0, 0.1) is 0 Å². The number of halogens is 1. The number of amides is 1. The highest BCUT2D eigenvalue weighted by atomic mass is 19.1. The fourth-order valence-electron chi connectivity index (χ4n) is 2.13. The molecule has 1 aromatic rings. The fourth-order valence-corrected chi connectivity index (χ4v) is 2.13. The number of hydrazine groups is 1. The zero-order chi connectivity index (χ0) is 13.3. The summed E-state index contributed by atoms with van der Waals surface area (Å²) in [6, 6.07) is 4.90. The molecular weight excluding hydrogens is 239 g/mol. The molecule has 1 amide bonds. The molecule has 2 unspecified atom stereocenters. The molecule has 98 valence electrons. The van der Waals surface area contributed by atoms with Crippen LogP contribution in [0.5, 0.6) is 11.5 Å². The average Bonchev–Trinajstić information content (AvgIpc) is 3.09. The Morgan fingerprint density at radius 1 is 1.44 bits per heavy atom.